The van der Waals surface area contributed by atoms with Gasteiger partial charge in [0.2, 0.25) is 0 Å². The van der Waals surface area contributed by atoms with E-state index < -0.39 is 16.0 Å². The number of esters is 1. The molecule has 102 valence electrons. The van der Waals surface area contributed by atoms with Crippen LogP contribution in [0.2, 0.25) is 0 Å². The predicted molar refractivity (Wildman–Crippen MR) is 70.0 cm³/mol. The summed E-state index contributed by atoms with van der Waals surface area (Å²) in [5.74, 6) is -0.522. The molecule has 0 unspecified atom stereocenters. The average Bonchev–Trinajstić information content (AvgIpc) is 2.83. The van der Waals surface area contributed by atoms with Crippen molar-refractivity contribution in [3.8, 4) is 0 Å². The van der Waals surface area contributed by atoms with E-state index in [1.807, 2.05) is 6.92 Å². The van der Waals surface area contributed by atoms with E-state index in [9.17, 15) is 13.2 Å². The van der Waals surface area contributed by atoms with Gasteiger partial charge < -0.3 is 4.74 Å². The van der Waals surface area contributed by atoms with Gasteiger partial charge in [-0.1, -0.05) is 19.4 Å². The van der Waals surface area contributed by atoms with E-state index in [-0.39, 0.29) is 10.8 Å². The van der Waals surface area contributed by atoms with E-state index >= 15 is 0 Å². The van der Waals surface area contributed by atoms with E-state index in [4.69, 9.17) is 4.74 Å². The molecule has 0 aliphatic rings. The fourth-order valence-corrected chi connectivity index (χ4v) is 3.52. The largest absolute Gasteiger partial charge is 0.465 e. The zero-order chi connectivity index (χ0) is 13.6. The van der Waals surface area contributed by atoms with Crippen LogP contribution in [0.1, 0.15) is 19.8 Å². The van der Waals surface area contributed by atoms with Gasteiger partial charge in [0.1, 0.15) is 10.8 Å². The number of hydrogen-bond donors (Lipinski definition) is 0. The van der Waals surface area contributed by atoms with Crippen molar-refractivity contribution in [3.63, 3.8) is 0 Å². The van der Waals surface area contributed by atoms with Crippen LogP contribution in [0.15, 0.2) is 21.7 Å². The van der Waals surface area contributed by atoms with Crippen LogP contribution in [0.3, 0.4) is 0 Å². The minimum absolute atomic E-state index is 0.228. The summed E-state index contributed by atoms with van der Waals surface area (Å²) in [6.45, 7) is 2.06. The van der Waals surface area contributed by atoms with Crippen LogP contribution < -0.4 is 0 Å². The highest BCUT2D eigenvalue weighted by atomic mass is 32.2. The first-order valence-electron chi connectivity index (χ1n) is 5.64. The lowest BCUT2D eigenvalue weighted by Crippen LogP contribution is -2.32. The van der Waals surface area contributed by atoms with Gasteiger partial charge in [-0.25, -0.2) is 8.42 Å². The van der Waals surface area contributed by atoms with E-state index in [1.54, 1.807) is 11.4 Å². The molecule has 1 aromatic heterocycles. The number of thiophene rings is 1. The highest BCUT2D eigenvalue weighted by Gasteiger charge is 2.24. The van der Waals surface area contributed by atoms with Crippen molar-refractivity contribution in [2.45, 2.75) is 24.0 Å². The lowest BCUT2D eigenvalue weighted by atomic mass is 10.4. The van der Waals surface area contributed by atoms with Crippen molar-refractivity contribution in [2.24, 2.45) is 0 Å². The number of carbonyl (C=O) groups is 1. The Morgan fingerprint density at radius 3 is 2.78 bits per heavy atom. The zero-order valence-corrected chi connectivity index (χ0v) is 12.1. The number of rotatable bonds is 7. The Balaban J connectivity index is 2.55. The number of hydrogen-bond acceptors (Lipinski definition) is 5. The van der Waals surface area contributed by atoms with Crippen LogP contribution in [-0.4, -0.2) is 38.9 Å². The highest BCUT2D eigenvalue weighted by molar-refractivity contribution is 7.91. The second-order valence-corrected chi connectivity index (χ2v) is 6.99. The van der Waals surface area contributed by atoms with Gasteiger partial charge in [0.05, 0.1) is 6.61 Å². The minimum atomic E-state index is -3.57. The van der Waals surface area contributed by atoms with Crippen LogP contribution in [0.25, 0.3) is 0 Å². The predicted octanol–water partition coefficient (Wildman–Crippen LogP) is 1.71. The van der Waals surface area contributed by atoms with Crippen molar-refractivity contribution in [2.75, 3.05) is 20.2 Å². The van der Waals surface area contributed by atoms with Crippen LogP contribution in [-0.2, 0) is 19.6 Å². The highest BCUT2D eigenvalue weighted by Crippen LogP contribution is 2.19. The molecule has 0 aromatic carbocycles. The molecule has 1 aromatic rings. The third-order valence-electron chi connectivity index (χ3n) is 2.27. The number of likely N-dealkylation sites (N-methyl/N-ethyl adjacent to an activating group) is 1. The van der Waals surface area contributed by atoms with Gasteiger partial charge >= 0.3 is 5.97 Å². The Labute approximate surface area is 111 Å². The van der Waals surface area contributed by atoms with Gasteiger partial charge in [0, 0.05) is 7.05 Å². The van der Waals surface area contributed by atoms with Gasteiger partial charge in [-0.15, -0.1) is 11.3 Å². The molecule has 5 nitrogen and oxygen atoms in total. The molecule has 7 heteroatoms. The fraction of sp³-hybridized carbons (Fsp3) is 0.545. The summed E-state index contributed by atoms with van der Waals surface area (Å²) in [5, 5.41) is 1.68. The second kappa shape index (κ2) is 6.86. The molecule has 0 saturated heterocycles. The smallest absolute Gasteiger partial charge is 0.321 e. The molecule has 0 aliphatic heterocycles. The van der Waals surface area contributed by atoms with Gasteiger partial charge in [-0.3, -0.25) is 4.79 Å². The normalized spacial score (nSPS) is 11.7. The first-order valence-corrected chi connectivity index (χ1v) is 7.96. The Morgan fingerprint density at radius 1 is 1.50 bits per heavy atom. The van der Waals surface area contributed by atoms with Gasteiger partial charge in [-0.05, 0) is 17.9 Å². The standard InChI is InChI=1S/C11H17NO4S2/c1-3-4-7-16-10(13)9-12(2)18(14,15)11-6-5-8-17-11/h5-6,8H,3-4,7,9H2,1-2H3. The molecule has 18 heavy (non-hydrogen) atoms. The SMILES string of the molecule is CCCCOC(=O)CN(C)S(=O)(=O)c1cccs1. The van der Waals surface area contributed by atoms with Gasteiger partial charge in [0.15, 0.2) is 0 Å². The maximum absolute atomic E-state index is 12.0. The number of unbranched alkanes of at least 4 members (excludes halogenated alkanes) is 1. The van der Waals surface area contributed by atoms with Crippen molar-refractivity contribution >= 4 is 27.3 Å². The van der Waals surface area contributed by atoms with Gasteiger partial charge in [0.25, 0.3) is 10.0 Å². The van der Waals surface area contributed by atoms with Crippen LogP contribution in [0.5, 0.6) is 0 Å². The van der Waals surface area contributed by atoms with E-state index in [0.717, 1.165) is 28.5 Å². The summed E-state index contributed by atoms with van der Waals surface area (Å²) in [6, 6.07) is 3.17. The molecule has 1 rings (SSSR count). The summed E-state index contributed by atoms with van der Waals surface area (Å²) in [4.78, 5) is 11.4. The van der Waals surface area contributed by atoms with Crippen molar-refractivity contribution in [1.29, 1.82) is 0 Å². The Hall–Kier alpha value is -0.920. The lowest BCUT2D eigenvalue weighted by Gasteiger charge is -2.15. The average molecular weight is 291 g/mol. The number of ether oxygens (including phenoxy) is 1. The first kappa shape index (κ1) is 15.1. The maximum Gasteiger partial charge on any atom is 0.321 e. The third kappa shape index (κ3) is 4.08. The summed E-state index contributed by atoms with van der Waals surface area (Å²) in [5.41, 5.74) is 0. The van der Waals surface area contributed by atoms with Crippen molar-refractivity contribution < 1.29 is 17.9 Å². The molecule has 0 N–H and O–H groups in total. The topological polar surface area (TPSA) is 63.7 Å². The molecule has 0 saturated carbocycles. The Kier molecular flexibility index (Phi) is 5.77. The van der Waals surface area contributed by atoms with Crippen molar-refractivity contribution in [3.05, 3.63) is 17.5 Å². The quantitative estimate of drug-likeness (QED) is 0.567. The molecule has 0 fully saturated rings. The summed E-state index contributed by atoms with van der Waals surface area (Å²) in [6.07, 6.45) is 1.71. The molecule has 0 aliphatic carbocycles. The number of nitrogens with zero attached hydrogens (tertiary/aromatic N) is 1. The third-order valence-corrected chi connectivity index (χ3v) is 5.45. The van der Waals surface area contributed by atoms with E-state index in [2.05, 4.69) is 0 Å². The molecule has 0 spiro atoms. The molecule has 0 bridgehead atoms. The lowest BCUT2D eigenvalue weighted by molar-refractivity contribution is -0.143. The van der Waals surface area contributed by atoms with Gasteiger partial charge in [-0.2, -0.15) is 4.31 Å². The monoisotopic (exact) mass is 291 g/mol. The minimum Gasteiger partial charge on any atom is -0.465 e. The van der Waals surface area contributed by atoms with Crippen LogP contribution >= 0.6 is 11.3 Å². The number of sulfonamides is 1. The summed E-state index contributed by atoms with van der Waals surface area (Å²) in [7, 11) is -2.20. The molecule has 1 heterocycles. The van der Waals surface area contributed by atoms with Crippen LogP contribution in [0.4, 0.5) is 0 Å². The maximum atomic E-state index is 12.0. The number of carbonyl (C=O) groups excluding carboxylic acids is 1. The van der Waals surface area contributed by atoms with E-state index in [0.29, 0.717) is 6.61 Å². The molecule has 0 radical (unpaired) electrons. The summed E-state index contributed by atoms with van der Waals surface area (Å²) < 4.78 is 30.1. The molecule has 0 amide bonds. The Morgan fingerprint density at radius 2 is 2.22 bits per heavy atom. The fourth-order valence-electron chi connectivity index (χ4n) is 1.21. The molecular weight excluding hydrogens is 274 g/mol. The Bertz CT molecular complexity index is 467. The molecular formula is C11H17NO4S2. The van der Waals surface area contributed by atoms with Crippen LogP contribution in [0, 0.1) is 0 Å². The zero-order valence-electron chi connectivity index (χ0n) is 10.5. The summed E-state index contributed by atoms with van der Waals surface area (Å²) >= 11 is 1.13. The second-order valence-electron chi connectivity index (χ2n) is 3.77. The first-order chi connectivity index (χ1) is 8.48. The van der Waals surface area contributed by atoms with E-state index in [1.165, 1.54) is 13.1 Å². The molecule has 0 atom stereocenters. The van der Waals surface area contributed by atoms with Crippen molar-refractivity contribution in [1.82, 2.24) is 4.31 Å².